The van der Waals surface area contributed by atoms with E-state index in [1.54, 1.807) is 4.68 Å². The van der Waals surface area contributed by atoms with Crippen LogP contribution < -0.4 is 15.2 Å². The summed E-state index contributed by atoms with van der Waals surface area (Å²) in [5, 5.41) is 13.0. The molecule has 2 aliphatic carbocycles. The summed E-state index contributed by atoms with van der Waals surface area (Å²) in [7, 11) is -3.46. The number of rotatable bonds is 2. The summed E-state index contributed by atoms with van der Waals surface area (Å²) >= 11 is 0. The standard InChI is InChI=1S/C19H23N5O3S/c1-10-6-13-7-12-4-3-5-14(12)17(16(10)13)22-19(25)23-28(20,26)15-8-21-24-9-11(2)27-18(15)24/h7-8,10-11H,3-6,9H2,1-2H3,(H3,20,22,23,25,26)/t10-,11?,28?/m0/s1. The lowest BCUT2D eigenvalue weighted by molar-refractivity contribution is 0.248. The van der Waals surface area contributed by atoms with Gasteiger partial charge in [-0.1, -0.05) is 13.0 Å². The Labute approximate surface area is 163 Å². The number of fused-ring (bicyclic) bond motifs is 3. The Balaban J connectivity index is 1.49. The second kappa shape index (κ2) is 6.05. The molecule has 1 aromatic carbocycles. The lowest BCUT2D eigenvalue weighted by Crippen LogP contribution is -2.23. The second-order valence-corrected chi connectivity index (χ2v) is 9.70. The van der Waals surface area contributed by atoms with Gasteiger partial charge in [-0.25, -0.2) is 18.8 Å². The number of carbonyl (C=O) groups is 1. The molecule has 2 heterocycles. The van der Waals surface area contributed by atoms with E-state index in [0.29, 0.717) is 18.3 Å². The fourth-order valence-electron chi connectivity index (χ4n) is 4.58. The molecule has 0 spiro atoms. The SMILES string of the molecule is CC1Cn2ncc(S(N)(=O)=NC(=O)Nc3c4c(cc5c3[C@@H](C)C5)CCC4)c2O1. The van der Waals surface area contributed by atoms with E-state index >= 15 is 0 Å². The van der Waals surface area contributed by atoms with Crippen LogP contribution in [0.15, 0.2) is 21.5 Å². The molecule has 5 rings (SSSR count). The number of benzene rings is 1. The predicted octanol–water partition coefficient (Wildman–Crippen LogP) is 2.75. The first-order valence-corrected chi connectivity index (χ1v) is 11.2. The molecule has 28 heavy (non-hydrogen) atoms. The van der Waals surface area contributed by atoms with Gasteiger partial charge in [0.2, 0.25) is 5.88 Å². The number of nitrogens with one attached hydrogen (secondary N) is 1. The molecule has 1 aliphatic heterocycles. The summed E-state index contributed by atoms with van der Waals surface area (Å²) in [6.07, 6.45) is 5.36. The zero-order chi connectivity index (χ0) is 19.6. The minimum Gasteiger partial charge on any atom is -0.472 e. The van der Waals surface area contributed by atoms with Crippen molar-refractivity contribution in [1.82, 2.24) is 9.78 Å². The van der Waals surface area contributed by atoms with Crippen LogP contribution in [0.4, 0.5) is 10.5 Å². The van der Waals surface area contributed by atoms with Gasteiger partial charge in [-0.2, -0.15) is 5.10 Å². The highest BCUT2D eigenvalue weighted by molar-refractivity contribution is 7.91. The number of hydrogen-bond acceptors (Lipinski definition) is 4. The second-order valence-electron chi connectivity index (χ2n) is 7.94. The van der Waals surface area contributed by atoms with Gasteiger partial charge in [0.05, 0.1) is 12.7 Å². The van der Waals surface area contributed by atoms with E-state index in [9.17, 15) is 9.00 Å². The number of anilines is 1. The first-order chi connectivity index (χ1) is 13.3. The van der Waals surface area contributed by atoms with E-state index in [-0.39, 0.29) is 11.0 Å². The van der Waals surface area contributed by atoms with Crippen LogP contribution in [-0.4, -0.2) is 26.1 Å². The van der Waals surface area contributed by atoms with Gasteiger partial charge >= 0.3 is 6.03 Å². The van der Waals surface area contributed by atoms with Crippen molar-refractivity contribution in [3.8, 4) is 5.88 Å². The number of carbonyl (C=O) groups excluding carboxylic acids is 1. The molecular weight excluding hydrogens is 378 g/mol. The Bertz CT molecular complexity index is 1130. The summed E-state index contributed by atoms with van der Waals surface area (Å²) in [5.74, 6) is 0.724. The minimum atomic E-state index is -3.46. The fraction of sp³-hybridized carbons (Fsp3) is 0.474. The molecule has 2 amide bonds. The Morgan fingerprint density at radius 3 is 3.00 bits per heavy atom. The van der Waals surface area contributed by atoms with Gasteiger partial charge in [-0.3, -0.25) is 0 Å². The highest BCUT2D eigenvalue weighted by Gasteiger charge is 2.32. The van der Waals surface area contributed by atoms with Crippen LogP contribution in [-0.2, 0) is 35.7 Å². The van der Waals surface area contributed by atoms with Crippen LogP contribution in [0.25, 0.3) is 0 Å². The number of urea groups is 1. The molecule has 3 N–H and O–H groups in total. The zero-order valence-corrected chi connectivity index (χ0v) is 16.7. The molecule has 0 saturated carbocycles. The Morgan fingerprint density at radius 1 is 1.39 bits per heavy atom. The highest BCUT2D eigenvalue weighted by Crippen LogP contribution is 2.45. The Morgan fingerprint density at radius 2 is 2.21 bits per heavy atom. The average Bonchev–Trinajstić information content (AvgIpc) is 3.27. The maximum Gasteiger partial charge on any atom is 0.354 e. The number of aryl methyl sites for hydroxylation is 1. The molecule has 3 aliphatic rings. The summed E-state index contributed by atoms with van der Waals surface area (Å²) in [4.78, 5) is 12.8. The molecule has 0 bridgehead atoms. The first kappa shape index (κ1) is 17.7. The van der Waals surface area contributed by atoms with Crippen molar-refractivity contribution in [1.29, 1.82) is 0 Å². The van der Waals surface area contributed by atoms with Crippen LogP contribution in [0.5, 0.6) is 5.88 Å². The van der Waals surface area contributed by atoms with Crippen molar-refractivity contribution in [3.63, 3.8) is 0 Å². The maximum absolute atomic E-state index is 13.0. The number of hydrogen-bond donors (Lipinski definition) is 2. The normalized spacial score (nSPS) is 23.7. The summed E-state index contributed by atoms with van der Waals surface area (Å²) in [6.45, 7) is 4.59. The summed E-state index contributed by atoms with van der Waals surface area (Å²) < 4.78 is 24.0. The summed E-state index contributed by atoms with van der Waals surface area (Å²) in [6, 6.07) is 1.57. The van der Waals surface area contributed by atoms with Crippen molar-refractivity contribution in [2.45, 2.75) is 63.0 Å². The van der Waals surface area contributed by atoms with E-state index in [0.717, 1.165) is 31.4 Å². The van der Waals surface area contributed by atoms with E-state index in [1.165, 1.54) is 28.5 Å². The minimum absolute atomic E-state index is 0.0845. The van der Waals surface area contributed by atoms with Crippen LogP contribution in [0, 0.1) is 0 Å². The zero-order valence-electron chi connectivity index (χ0n) is 15.9. The van der Waals surface area contributed by atoms with E-state index in [2.05, 4.69) is 27.8 Å². The van der Waals surface area contributed by atoms with Crippen LogP contribution in [0.3, 0.4) is 0 Å². The van der Waals surface area contributed by atoms with Gasteiger partial charge in [0.25, 0.3) is 0 Å². The molecule has 2 unspecified atom stereocenters. The third-order valence-electron chi connectivity index (χ3n) is 5.81. The first-order valence-electron chi connectivity index (χ1n) is 9.59. The number of amides is 2. The van der Waals surface area contributed by atoms with Crippen LogP contribution in [0.2, 0.25) is 0 Å². The van der Waals surface area contributed by atoms with Crippen molar-refractivity contribution >= 4 is 21.6 Å². The number of nitrogens with zero attached hydrogens (tertiary/aromatic N) is 3. The maximum atomic E-state index is 13.0. The van der Waals surface area contributed by atoms with E-state index in [4.69, 9.17) is 9.88 Å². The van der Waals surface area contributed by atoms with Crippen molar-refractivity contribution in [2.24, 2.45) is 9.50 Å². The molecule has 3 atom stereocenters. The number of aromatic nitrogens is 2. The van der Waals surface area contributed by atoms with Gasteiger partial charge in [0.1, 0.15) is 11.0 Å². The van der Waals surface area contributed by atoms with Crippen molar-refractivity contribution in [2.75, 3.05) is 5.32 Å². The van der Waals surface area contributed by atoms with Crippen molar-refractivity contribution in [3.05, 3.63) is 34.5 Å². The van der Waals surface area contributed by atoms with Crippen molar-refractivity contribution < 1.29 is 13.7 Å². The highest BCUT2D eigenvalue weighted by atomic mass is 32.2. The molecule has 0 radical (unpaired) electrons. The molecule has 148 valence electrons. The lowest BCUT2D eigenvalue weighted by atomic mass is 9.75. The molecule has 9 heteroatoms. The fourth-order valence-corrected chi connectivity index (χ4v) is 5.57. The van der Waals surface area contributed by atoms with E-state index in [1.807, 2.05) is 6.92 Å². The molecular formula is C19H23N5O3S. The van der Waals surface area contributed by atoms with Gasteiger partial charge < -0.3 is 10.1 Å². The van der Waals surface area contributed by atoms with Gasteiger partial charge in [-0.05, 0) is 60.8 Å². The molecule has 2 aromatic rings. The number of ether oxygens (including phenoxy) is 1. The van der Waals surface area contributed by atoms with Crippen LogP contribution in [0.1, 0.15) is 48.4 Å². The smallest absolute Gasteiger partial charge is 0.354 e. The van der Waals surface area contributed by atoms with Gasteiger partial charge in [-0.15, -0.1) is 4.36 Å². The van der Waals surface area contributed by atoms with E-state index < -0.39 is 15.9 Å². The largest absolute Gasteiger partial charge is 0.472 e. The lowest BCUT2D eigenvalue weighted by Gasteiger charge is -2.31. The predicted molar refractivity (Wildman–Crippen MR) is 105 cm³/mol. The molecule has 0 fully saturated rings. The van der Waals surface area contributed by atoms with Gasteiger partial charge in [0, 0.05) is 5.69 Å². The third kappa shape index (κ3) is 2.64. The van der Waals surface area contributed by atoms with Gasteiger partial charge in [0.15, 0.2) is 9.92 Å². The third-order valence-corrected chi connectivity index (χ3v) is 7.16. The summed E-state index contributed by atoms with van der Waals surface area (Å²) in [5.41, 5.74) is 5.79. The Kier molecular flexibility index (Phi) is 3.82. The topological polar surface area (TPSA) is 112 Å². The molecule has 1 aromatic heterocycles. The quantitative estimate of drug-likeness (QED) is 0.806. The van der Waals surface area contributed by atoms with Crippen LogP contribution >= 0.6 is 0 Å². The molecule has 8 nitrogen and oxygen atoms in total. The average molecular weight is 401 g/mol. The monoisotopic (exact) mass is 401 g/mol. The Hall–Kier alpha value is -2.39. The number of nitrogens with two attached hydrogens (primary N) is 1. The molecule has 0 saturated heterocycles.